The lowest BCUT2D eigenvalue weighted by molar-refractivity contribution is 0.597. The molecule has 76 valence electrons. The van der Waals surface area contributed by atoms with Crippen LogP contribution in [0.4, 0.5) is 0 Å². The molecule has 1 unspecified atom stereocenters. The van der Waals surface area contributed by atoms with Crippen molar-refractivity contribution in [3.8, 4) is 0 Å². The summed E-state index contributed by atoms with van der Waals surface area (Å²) in [4.78, 5) is 0. The monoisotopic (exact) mass is 202 g/mol. The number of nitrogens with one attached hydrogen (secondary N) is 1. The zero-order valence-electron chi connectivity index (χ0n) is 8.30. The van der Waals surface area contributed by atoms with Crippen molar-refractivity contribution in [2.45, 2.75) is 26.7 Å². The molecular weight excluding hydrogens is 184 g/mol. The van der Waals surface area contributed by atoms with E-state index >= 15 is 0 Å². The molecule has 0 aromatic rings. The predicted octanol–water partition coefficient (Wildman–Crippen LogP) is 1.42. The van der Waals surface area contributed by atoms with Crippen molar-refractivity contribution in [1.82, 2.24) is 0 Å². The van der Waals surface area contributed by atoms with Crippen LogP contribution in [-0.2, 0) is 11.2 Å². The van der Waals surface area contributed by atoms with E-state index in [1.54, 1.807) is 6.92 Å². The van der Waals surface area contributed by atoms with E-state index in [2.05, 4.69) is 0 Å². The Kier molecular flexibility index (Phi) is 6.72. The number of hydrogen-bond donors (Lipinski definition) is 2. The maximum absolute atomic E-state index is 11.2. The van der Waals surface area contributed by atoms with E-state index in [0.717, 1.165) is 12.0 Å². The normalized spacial score (nSPS) is 14.2. The molecule has 0 saturated heterocycles. The Hall–Kier alpha value is -0.480. The molecular formula is C9H18N2OS. The molecule has 13 heavy (non-hydrogen) atoms. The number of hydrogen-bond acceptors (Lipinski definition) is 3. The molecule has 0 aromatic heterocycles. The summed E-state index contributed by atoms with van der Waals surface area (Å²) in [5, 5.41) is 7.25. The quantitative estimate of drug-likeness (QED) is 0.505. The Morgan fingerprint density at radius 1 is 1.54 bits per heavy atom. The predicted molar refractivity (Wildman–Crippen MR) is 58.5 cm³/mol. The van der Waals surface area contributed by atoms with Crippen LogP contribution in [0.15, 0.2) is 11.8 Å². The van der Waals surface area contributed by atoms with Gasteiger partial charge in [-0.05, 0) is 49.6 Å². The minimum atomic E-state index is -0.790. The van der Waals surface area contributed by atoms with Gasteiger partial charge >= 0.3 is 0 Å². The van der Waals surface area contributed by atoms with Crippen molar-refractivity contribution in [2.75, 3.05) is 11.5 Å². The minimum Gasteiger partial charge on any atom is -0.616 e. The van der Waals surface area contributed by atoms with E-state index in [9.17, 15) is 4.55 Å². The van der Waals surface area contributed by atoms with Crippen molar-refractivity contribution in [1.29, 1.82) is 5.41 Å². The Morgan fingerprint density at radius 2 is 2.15 bits per heavy atom. The summed E-state index contributed by atoms with van der Waals surface area (Å²) in [6, 6.07) is 0. The Bertz CT molecular complexity index is 192. The van der Waals surface area contributed by atoms with E-state index in [-0.39, 0.29) is 0 Å². The minimum absolute atomic E-state index is 0.556. The Labute approximate surface area is 83.1 Å². The standard InChI is InChI=1S/C9H18N2OS/c1-3-13(12)7-9(6-10)5-4-8(2)11/h6,11H,3-5,7,10H2,1-2H3/b9-6+,11-8?. The van der Waals surface area contributed by atoms with Gasteiger partial charge in [0.05, 0.1) is 0 Å². The van der Waals surface area contributed by atoms with Gasteiger partial charge < -0.3 is 15.7 Å². The molecule has 0 aliphatic rings. The lowest BCUT2D eigenvalue weighted by atomic mass is 10.1. The molecule has 0 fully saturated rings. The smallest absolute Gasteiger partial charge is 0.128 e. The van der Waals surface area contributed by atoms with Crippen LogP contribution in [0.2, 0.25) is 0 Å². The first-order valence-corrected chi connectivity index (χ1v) is 5.87. The van der Waals surface area contributed by atoms with E-state index in [4.69, 9.17) is 11.1 Å². The van der Waals surface area contributed by atoms with E-state index in [1.165, 1.54) is 6.20 Å². The lowest BCUT2D eigenvalue weighted by Crippen LogP contribution is -2.12. The maximum atomic E-state index is 11.2. The third-order valence-corrected chi connectivity index (χ3v) is 3.06. The average Bonchev–Trinajstić information content (AvgIpc) is 2.11. The van der Waals surface area contributed by atoms with Gasteiger partial charge in [0.15, 0.2) is 0 Å². The van der Waals surface area contributed by atoms with Gasteiger partial charge in [-0.3, -0.25) is 0 Å². The molecule has 0 aromatic carbocycles. The molecule has 0 spiro atoms. The highest BCUT2D eigenvalue weighted by Gasteiger charge is 2.07. The van der Waals surface area contributed by atoms with Crippen LogP contribution < -0.4 is 5.73 Å². The lowest BCUT2D eigenvalue weighted by Gasteiger charge is -2.10. The summed E-state index contributed by atoms with van der Waals surface area (Å²) in [5.74, 6) is 1.22. The molecule has 0 rings (SSSR count). The molecule has 1 atom stereocenters. The van der Waals surface area contributed by atoms with Crippen LogP contribution in [0.25, 0.3) is 0 Å². The van der Waals surface area contributed by atoms with Crippen molar-refractivity contribution >= 4 is 16.9 Å². The van der Waals surface area contributed by atoms with Crippen molar-refractivity contribution < 1.29 is 4.55 Å². The van der Waals surface area contributed by atoms with Crippen LogP contribution in [0, 0.1) is 5.41 Å². The highest BCUT2D eigenvalue weighted by Crippen LogP contribution is 2.08. The van der Waals surface area contributed by atoms with E-state index < -0.39 is 11.2 Å². The third-order valence-electron chi connectivity index (χ3n) is 1.73. The van der Waals surface area contributed by atoms with Gasteiger partial charge in [-0.25, -0.2) is 0 Å². The highest BCUT2D eigenvalue weighted by molar-refractivity contribution is 7.91. The summed E-state index contributed by atoms with van der Waals surface area (Å²) in [6.45, 7) is 3.66. The van der Waals surface area contributed by atoms with Gasteiger partial charge in [0.1, 0.15) is 11.5 Å². The summed E-state index contributed by atoms with van der Waals surface area (Å²) in [6.07, 6.45) is 3.00. The van der Waals surface area contributed by atoms with E-state index in [0.29, 0.717) is 23.6 Å². The second-order valence-electron chi connectivity index (χ2n) is 2.98. The van der Waals surface area contributed by atoms with Gasteiger partial charge in [-0.15, -0.1) is 0 Å². The fourth-order valence-electron chi connectivity index (χ4n) is 0.861. The molecule has 3 nitrogen and oxygen atoms in total. The first kappa shape index (κ1) is 12.5. The van der Waals surface area contributed by atoms with Crippen molar-refractivity contribution in [2.24, 2.45) is 5.73 Å². The van der Waals surface area contributed by atoms with Gasteiger partial charge in [-0.1, -0.05) is 0 Å². The third kappa shape index (κ3) is 6.66. The molecule has 0 saturated carbocycles. The second-order valence-corrected chi connectivity index (χ2v) is 4.72. The molecule has 0 aliphatic heterocycles. The largest absolute Gasteiger partial charge is 0.616 e. The summed E-state index contributed by atoms with van der Waals surface area (Å²) >= 11 is -0.790. The fraction of sp³-hybridized carbons (Fsp3) is 0.667. The first-order valence-electron chi connectivity index (χ1n) is 4.38. The fourth-order valence-corrected chi connectivity index (χ4v) is 1.72. The topological polar surface area (TPSA) is 72.9 Å². The second kappa shape index (κ2) is 6.97. The van der Waals surface area contributed by atoms with Crippen LogP contribution in [-0.4, -0.2) is 21.8 Å². The molecule has 0 amide bonds. The van der Waals surface area contributed by atoms with Crippen molar-refractivity contribution in [3.63, 3.8) is 0 Å². The van der Waals surface area contributed by atoms with Crippen LogP contribution in [0.1, 0.15) is 26.7 Å². The summed E-state index contributed by atoms with van der Waals surface area (Å²) < 4.78 is 11.2. The zero-order valence-corrected chi connectivity index (χ0v) is 9.12. The molecule has 0 aliphatic carbocycles. The van der Waals surface area contributed by atoms with Crippen LogP contribution >= 0.6 is 0 Å². The first-order chi connectivity index (χ1) is 6.10. The molecule has 4 heteroatoms. The molecule has 3 N–H and O–H groups in total. The molecule has 0 bridgehead atoms. The van der Waals surface area contributed by atoms with Gasteiger partial charge in [-0.2, -0.15) is 0 Å². The molecule has 0 heterocycles. The highest BCUT2D eigenvalue weighted by atomic mass is 32.2. The zero-order chi connectivity index (χ0) is 10.3. The maximum Gasteiger partial charge on any atom is 0.128 e. The number of rotatable bonds is 6. The van der Waals surface area contributed by atoms with Gasteiger partial charge in [0.25, 0.3) is 0 Å². The number of nitrogens with two attached hydrogens (primary N) is 1. The van der Waals surface area contributed by atoms with Crippen molar-refractivity contribution in [3.05, 3.63) is 11.8 Å². The average molecular weight is 202 g/mol. The van der Waals surface area contributed by atoms with Gasteiger partial charge in [0.2, 0.25) is 0 Å². The van der Waals surface area contributed by atoms with Crippen LogP contribution in [0.5, 0.6) is 0 Å². The SMILES string of the molecule is CC[S+]([O-])C/C(=C/N)CCC(C)=N. The Morgan fingerprint density at radius 3 is 2.54 bits per heavy atom. The molecule has 0 radical (unpaired) electrons. The van der Waals surface area contributed by atoms with Crippen LogP contribution in [0.3, 0.4) is 0 Å². The Balaban J connectivity index is 3.84. The summed E-state index contributed by atoms with van der Waals surface area (Å²) in [7, 11) is 0. The van der Waals surface area contributed by atoms with E-state index in [1.807, 2.05) is 6.92 Å². The summed E-state index contributed by atoms with van der Waals surface area (Å²) in [5.41, 5.74) is 7.03. The van der Waals surface area contributed by atoms with Gasteiger partial charge in [0, 0.05) is 5.71 Å².